The Balaban J connectivity index is 1.63. The molecule has 3 rings (SSSR count). The Bertz CT molecular complexity index is 962. The van der Waals surface area contributed by atoms with Gasteiger partial charge in [0.25, 0.3) is 0 Å². The largest absolute Gasteiger partial charge is 0.349 e. The maximum absolute atomic E-state index is 12.3. The number of rotatable bonds is 6. The highest BCUT2D eigenvalue weighted by Gasteiger charge is 2.13. The van der Waals surface area contributed by atoms with Crippen molar-refractivity contribution in [3.05, 3.63) is 69.4 Å². The van der Waals surface area contributed by atoms with E-state index in [-0.39, 0.29) is 17.7 Å². The molecule has 5 nitrogen and oxygen atoms in total. The zero-order chi connectivity index (χ0) is 19.4. The normalized spacial score (nSPS) is 12.0. The van der Waals surface area contributed by atoms with Crippen molar-refractivity contribution >= 4 is 45.2 Å². The van der Waals surface area contributed by atoms with Gasteiger partial charge in [0, 0.05) is 9.50 Å². The average Bonchev–Trinajstić information content (AvgIpc) is 3.11. The highest BCUT2D eigenvalue weighted by molar-refractivity contribution is 9.10. The van der Waals surface area contributed by atoms with Gasteiger partial charge in [-0.15, -0.1) is 10.2 Å². The van der Waals surface area contributed by atoms with Gasteiger partial charge in [0.1, 0.15) is 6.33 Å². The van der Waals surface area contributed by atoms with E-state index < -0.39 is 0 Å². The van der Waals surface area contributed by atoms with Crippen LogP contribution in [0.25, 0.3) is 5.69 Å². The number of halogens is 2. The van der Waals surface area contributed by atoms with Gasteiger partial charge in [-0.25, -0.2) is 0 Å². The lowest BCUT2D eigenvalue weighted by Gasteiger charge is -2.14. The van der Waals surface area contributed by atoms with Gasteiger partial charge < -0.3 is 5.32 Å². The van der Waals surface area contributed by atoms with Crippen LogP contribution in [-0.4, -0.2) is 26.4 Å². The maximum atomic E-state index is 12.3. The number of amides is 1. The van der Waals surface area contributed by atoms with E-state index in [9.17, 15) is 4.79 Å². The van der Waals surface area contributed by atoms with Crippen LogP contribution in [0.1, 0.15) is 24.1 Å². The number of hydrogen-bond donors (Lipinski definition) is 1. The summed E-state index contributed by atoms with van der Waals surface area (Å²) in [7, 11) is 0. The number of nitrogens with one attached hydrogen (secondary N) is 1. The van der Waals surface area contributed by atoms with Crippen LogP contribution in [0.3, 0.4) is 0 Å². The molecule has 1 heterocycles. The van der Waals surface area contributed by atoms with Crippen LogP contribution in [0.5, 0.6) is 0 Å². The van der Waals surface area contributed by atoms with E-state index in [2.05, 4.69) is 31.4 Å². The highest BCUT2D eigenvalue weighted by Crippen LogP contribution is 2.24. The Kier molecular flexibility index (Phi) is 6.57. The van der Waals surface area contributed by atoms with E-state index in [0.29, 0.717) is 10.2 Å². The van der Waals surface area contributed by atoms with Gasteiger partial charge in [0.05, 0.1) is 17.5 Å². The Hall–Kier alpha value is -1.83. The van der Waals surface area contributed by atoms with Crippen molar-refractivity contribution in [1.29, 1.82) is 0 Å². The van der Waals surface area contributed by atoms with Gasteiger partial charge in [0.15, 0.2) is 5.16 Å². The van der Waals surface area contributed by atoms with Crippen molar-refractivity contribution in [2.45, 2.75) is 25.0 Å². The van der Waals surface area contributed by atoms with Gasteiger partial charge in [-0.05, 0) is 49.2 Å². The molecule has 1 aromatic heterocycles. The SMILES string of the molecule is Cc1ccc(-n2cnnc2SCC(=O)NC(C)c2cccc(Br)c2)cc1Cl. The lowest BCUT2D eigenvalue weighted by Crippen LogP contribution is -2.28. The molecular formula is C19H18BrClN4OS. The third-order valence-corrected chi connectivity index (χ3v) is 5.85. The molecule has 0 spiro atoms. The molecule has 0 aliphatic carbocycles. The van der Waals surface area contributed by atoms with Crippen LogP contribution in [0.2, 0.25) is 5.02 Å². The van der Waals surface area contributed by atoms with E-state index in [1.807, 2.05) is 60.9 Å². The number of thioether (sulfide) groups is 1. The Labute approximate surface area is 175 Å². The molecule has 3 aromatic rings. The summed E-state index contributed by atoms with van der Waals surface area (Å²) >= 11 is 11.0. The molecule has 0 fully saturated rings. The van der Waals surface area contributed by atoms with E-state index in [0.717, 1.165) is 21.3 Å². The Morgan fingerprint density at radius 3 is 2.89 bits per heavy atom. The second-order valence-corrected chi connectivity index (χ2v) is 8.32. The molecule has 0 bridgehead atoms. The summed E-state index contributed by atoms with van der Waals surface area (Å²) in [5.41, 5.74) is 2.91. The van der Waals surface area contributed by atoms with E-state index in [1.165, 1.54) is 11.8 Å². The smallest absolute Gasteiger partial charge is 0.230 e. The van der Waals surface area contributed by atoms with Crippen molar-refractivity contribution in [3.8, 4) is 5.69 Å². The van der Waals surface area contributed by atoms with E-state index in [1.54, 1.807) is 6.33 Å². The molecule has 0 saturated carbocycles. The number of carbonyl (C=O) groups is 1. The molecule has 1 unspecified atom stereocenters. The number of benzene rings is 2. The van der Waals surface area contributed by atoms with Crippen LogP contribution in [0.15, 0.2) is 58.4 Å². The quantitative estimate of drug-likeness (QED) is 0.523. The zero-order valence-corrected chi connectivity index (χ0v) is 18.0. The fourth-order valence-electron chi connectivity index (χ4n) is 2.50. The van der Waals surface area contributed by atoms with Crippen LogP contribution in [-0.2, 0) is 4.79 Å². The van der Waals surface area contributed by atoms with Crippen molar-refractivity contribution in [2.75, 3.05) is 5.75 Å². The summed E-state index contributed by atoms with van der Waals surface area (Å²) in [5, 5.41) is 12.4. The van der Waals surface area contributed by atoms with Crippen LogP contribution < -0.4 is 5.32 Å². The molecule has 140 valence electrons. The third kappa shape index (κ3) is 5.12. The fraction of sp³-hybridized carbons (Fsp3) is 0.211. The zero-order valence-electron chi connectivity index (χ0n) is 14.8. The minimum absolute atomic E-state index is 0.0658. The fourth-order valence-corrected chi connectivity index (χ4v) is 3.84. The molecule has 1 N–H and O–H groups in total. The van der Waals surface area contributed by atoms with E-state index in [4.69, 9.17) is 11.6 Å². The first kappa shape index (κ1) is 19.9. The van der Waals surface area contributed by atoms with Crippen LogP contribution >= 0.6 is 39.3 Å². The van der Waals surface area contributed by atoms with Gasteiger partial charge in [-0.3, -0.25) is 9.36 Å². The molecule has 0 saturated heterocycles. The summed E-state index contributed by atoms with van der Waals surface area (Å²) in [5.74, 6) is 0.181. The molecular weight excluding hydrogens is 448 g/mol. The third-order valence-electron chi connectivity index (χ3n) is 4.01. The molecule has 0 aliphatic heterocycles. The number of carbonyl (C=O) groups excluding carboxylic acids is 1. The first-order valence-electron chi connectivity index (χ1n) is 8.28. The molecule has 8 heteroatoms. The second kappa shape index (κ2) is 8.91. The predicted molar refractivity (Wildman–Crippen MR) is 113 cm³/mol. The van der Waals surface area contributed by atoms with Crippen molar-refractivity contribution in [3.63, 3.8) is 0 Å². The lowest BCUT2D eigenvalue weighted by molar-refractivity contribution is -0.119. The molecule has 2 aromatic carbocycles. The van der Waals surface area contributed by atoms with Crippen molar-refractivity contribution in [1.82, 2.24) is 20.1 Å². The number of aryl methyl sites for hydroxylation is 1. The summed E-state index contributed by atoms with van der Waals surface area (Å²) in [6.45, 7) is 3.91. The molecule has 1 atom stereocenters. The van der Waals surface area contributed by atoms with Crippen LogP contribution in [0.4, 0.5) is 0 Å². The Morgan fingerprint density at radius 1 is 1.33 bits per heavy atom. The number of nitrogens with zero attached hydrogens (tertiary/aromatic N) is 3. The summed E-state index contributed by atoms with van der Waals surface area (Å²) in [6.07, 6.45) is 1.62. The maximum Gasteiger partial charge on any atom is 0.230 e. The highest BCUT2D eigenvalue weighted by atomic mass is 79.9. The molecule has 0 radical (unpaired) electrons. The Morgan fingerprint density at radius 2 is 2.15 bits per heavy atom. The summed E-state index contributed by atoms with van der Waals surface area (Å²) in [6, 6.07) is 13.6. The van der Waals surface area contributed by atoms with Crippen LogP contribution in [0, 0.1) is 6.92 Å². The molecule has 27 heavy (non-hydrogen) atoms. The predicted octanol–water partition coefficient (Wildman–Crippen LogP) is 4.96. The first-order chi connectivity index (χ1) is 12.9. The molecule has 1 amide bonds. The lowest BCUT2D eigenvalue weighted by atomic mass is 10.1. The van der Waals surface area contributed by atoms with Gasteiger partial charge >= 0.3 is 0 Å². The van der Waals surface area contributed by atoms with Gasteiger partial charge in [-0.2, -0.15) is 0 Å². The van der Waals surface area contributed by atoms with Gasteiger partial charge in [-0.1, -0.05) is 57.5 Å². The minimum atomic E-state index is -0.0793. The summed E-state index contributed by atoms with van der Waals surface area (Å²) in [4.78, 5) is 12.3. The average molecular weight is 466 g/mol. The van der Waals surface area contributed by atoms with E-state index >= 15 is 0 Å². The van der Waals surface area contributed by atoms with Gasteiger partial charge in [0.2, 0.25) is 5.91 Å². The number of hydrogen-bond acceptors (Lipinski definition) is 4. The summed E-state index contributed by atoms with van der Waals surface area (Å²) < 4.78 is 2.81. The second-order valence-electron chi connectivity index (χ2n) is 6.05. The topological polar surface area (TPSA) is 59.8 Å². The standard InChI is InChI=1S/C19H18BrClN4OS/c1-12-6-7-16(9-17(12)21)25-11-22-24-19(25)27-10-18(26)23-13(2)14-4-3-5-15(20)8-14/h3-9,11,13H,10H2,1-2H3,(H,23,26). The first-order valence-corrected chi connectivity index (χ1v) is 10.4. The van der Waals surface area contributed by atoms with Crippen molar-refractivity contribution in [2.24, 2.45) is 0 Å². The molecule has 0 aliphatic rings. The monoisotopic (exact) mass is 464 g/mol. The van der Waals surface area contributed by atoms with Crippen molar-refractivity contribution < 1.29 is 4.79 Å². The number of aromatic nitrogens is 3. The minimum Gasteiger partial charge on any atom is -0.349 e.